The Balaban J connectivity index is 1.68. The number of carbonyl (C=O) groups excluding carboxylic acids is 1. The Labute approximate surface area is 193 Å². The van der Waals surface area contributed by atoms with Crippen LogP contribution in [0.3, 0.4) is 0 Å². The molecule has 3 rings (SSSR count). The first-order valence-electron chi connectivity index (χ1n) is 8.55. The van der Waals surface area contributed by atoms with Gasteiger partial charge in [0.1, 0.15) is 11.3 Å². The zero-order chi connectivity index (χ0) is 20.3. The Kier molecular flexibility index (Phi) is 7.16. The Morgan fingerprint density at radius 3 is 2.82 bits per heavy atom. The lowest BCUT2D eigenvalue weighted by Gasteiger charge is -2.14. The summed E-state index contributed by atoms with van der Waals surface area (Å²) in [7, 11) is 0. The van der Waals surface area contributed by atoms with Crippen LogP contribution in [-0.2, 0) is 0 Å². The zero-order valence-corrected chi connectivity index (χ0v) is 20.5. The lowest BCUT2D eigenvalue weighted by molar-refractivity contribution is 0.0929. The highest BCUT2D eigenvalue weighted by Crippen LogP contribution is 2.29. The second-order valence-corrected chi connectivity index (χ2v) is 9.07. The van der Waals surface area contributed by atoms with Gasteiger partial charge in [-0.3, -0.25) is 4.79 Å². The van der Waals surface area contributed by atoms with E-state index in [2.05, 4.69) is 71.9 Å². The van der Waals surface area contributed by atoms with E-state index in [1.54, 1.807) is 12.3 Å². The molecule has 1 amide bonds. The number of hydrogen-bond donors (Lipinski definition) is 1. The fourth-order valence-electron chi connectivity index (χ4n) is 2.40. The number of amides is 1. The normalized spacial score (nSPS) is 12.5. The maximum absolute atomic E-state index is 12.3. The van der Waals surface area contributed by atoms with E-state index < -0.39 is 5.91 Å². The molecule has 0 fully saturated rings. The van der Waals surface area contributed by atoms with Gasteiger partial charge in [0.25, 0.3) is 0 Å². The molecule has 28 heavy (non-hydrogen) atoms. The van der Waals surface area contributed by atoms with Crippen molar-refractivity contribution >= 4 is 77.5 Å². The van der Waals surface area contributed by atoms with Crippen LogP contribution in [0, 0.1) is 3.57 Å². The molecule has 0 aliphatic carbocycles. The van der Waals surface area contributed by atoms with E-state index in [4.69, 9.17) is 9.15 Å². The van der Waals surface area contributed by atoms with Crippen molar-refractivity contribution in [3.63, 3.8) is 0 Å². The van der Waals surface area contributed by atoms with E-state index >= 15 is 0 Å². The lowest BCUT2D eigenvalue weighted by Crippen LogP contribution is -2.16. The Hall–Kier alpha value is -1.39. The summed E-state index contributed by atoms with van der Waals surface area (Å²) >= 11 is 9.12. The number of fused-ring (bicyclic) bond motifs is 1. The standard InChI is InChI=1S/C20H17Br2IN2O3/c1-3-11(2)27-17-5-4-12(6-15(17)22)10-24-25-20(26)18-8-13-7-14(21)9-16(23)19(13)28-18/h4-11H,3H2,1-2H3,(H,25,26)/b24-10-/t11-/m0/s1. The number of nitrogens with zero attached hydrogens (tertiary/aromatic N) is 1. The van der Waals surface area contributed by atoms with Gasteiger partial charge in [0.15, 0.2) is 5.76 Å². The number of carbonyl (C=O) groups is 1. The van der Waals surface area contributed by atoms with E-state index in [0.717, 1.165) is 35.6 Å². The van der Waals surface area contributed by atoms with Gasteiger partial charge in [-0.05, 0) is 93.8 Å². The van der Waals surface area contributed by atoms with Crippen LogP contribution in [0.1, 0.15) is 36.4 Å². The maximum Gasteiger partial charge on any atom is 0.307 e. The molecule has 0 saturated carbocycles. The molecule has 0 bridgehead atoms. The molecule has 0 radical (unpaired) electrons. The van der Waals surface area contributed by atoms with Gasteiger partial charge in [-0.25, -0.2) is 5.43 Å². The maximum atomic E-state index is 12.3. The van der Waals surface area contributed by atoms with Crippen LogP contribution >= 0.6 is 54.5 Å². The van der Waals surface area contributed by atoms with Crippen molar-refractivity contribution in [3.05, 3.63) is 60.2 Å². The van der Waals surface area contributed by atoms with Crippen molar-refractivity contribution in [1.29, 1.82) is 0 Å². The van der Waals surface area contributed by atoms with Gasteiger partial charge >= 0.3 is 5.91 Å². The number of furan rings is 1. The number of rotatable bonds is 6. The van der Waals surface area contributed by atoms with Gasteiger partial charge in [0.05, 0.1) is 20.4 Å². The quantitative estimate of drug-likeness (QED) is 0.195. The largest absolute Gasteiger partial charge is 0.490 e. The number of halogens is 3. The monoisotopic (exact) mass is 618 g/mol. The molecule has 5 nitrogen and oxygen atoms in total. The molecule has 0 aliphatic rings. The third-order valence-corrected chi connectivity index (χ3v) is 5.88. The summed E-state index contributed by atoms with van der Waals surface area (Å²) in [5, 5.41) is 4.87. The van der Waals surface area contributed by atoms with Crippen LogP contribution in [0.15, 0.2) is 54.9 Å². The first-order valence-corrected chi connectivity index (χ1v) is 11.2. The van der Waals surface area contributed by atoms with Crippen molar-refractivity contribution in [3.8, 4) is 5.75 Å². The van der Waals surface area contributed by atoms with Gasteiger partial charge in [-0.15, -0.1) is 0 Å². The highest BCUT2D eigenvalue weighted by atomic mass is 127. The summed E-state index contributed by atoms with van der Waals surface area (Å²) in [6.45, 7) is 4.10. The topological polar surface area (TPSA) is 63.8 Å². The summed E-state index contributed by atoms with van der Waals surface area (Å²) in [5.74, 6) is 0.579. The molecule has 0 unspecified atom stereocenters. The molecule has 1 N–H and O–H groups in total. The Bertz CT molecular complexity index is 1050. The van der Waals surface area contributed by atoms with Gasteiger partial charge in [0.2, 0.25) is 0 Å². The number of nitrogens with one attached hydrogen (secondary N) is 1. The second kappa shape index (κ2) is 9.41. The number of hydrazone groups is 1. The highest BCUT2D eigenvalue weighted by Gasteiger charge is 2.14. The van der Waals surface area contributed by atoms with Crippen molar-refractivity contribution in [2.24, 2.45) is 5.10 Å². The molecule has 2 aromatic carbocycles. The predicted octanol–water partition coefficient (Wildman–Crippen LogP) is 6.50. The Morgan fingerprint density at radius 1 is 1.32 bits per heavy atom. The third-order valence-electron chi connectivity index (χ3n) is 4.00. The van der Waals surface area contributed by atoms with Gasteiger partial charge in [-0.1, -0.05) is 22.9 Å². The van der Waals surface area contributed by atoms with Crippen LogP contribution < -0.4 is 10.2 Å². The second-order valence-electron chi connectivity index (χ2n) is 6.14. The van der Waals surface area contributed by atoms with Crippen LogP contribution in [0.25, 0.3) is 11.0 Å². The van der Waals surface area contributed by atoms with E-state index in [0.29, 0.717) is 5.58 Å². The molecular weight excluding hydrogens is 603 g/mol. The lowest BCUT2D eigenvalue weighted by atomic mass is 10.2. The van der Waals surface area contributed by atoms with Crippen molar-refractivity contribution in [2.45, 2.75) is 26.4 Å². The molecule has 1 heterocycles. The van der Waals surface area contributed by atoms with Crippen LogP contribution in [0.2, 0.25) is 0 Å². The van der Waals surface area contributed by atoms with E-state index in [1.165, 1.54) is 0 Å². The molecule has 8 heteroatoms. The smallest absolute Gasteiger partial charge is 0.307 e. The molecule has 1 atom stereocenters. The zero-order valence-electron chi connectivity index (χ0n) is 15.1. The first-order chi connectivity index (χ1) is 13.4. The van der Waals surface area contributed by atoms with Crippen molar-refractivity contribution in [2.75, 3.05) is 0 Å². The minimum atomic E-state index is -0.407. The highest BCUT2D eigenvalue weighted by molar-refractivity contribution is 14.1. The fourth-order valence-corrected chi connectivity index (χ4v) is 4.55. The number of hydrogen-bond acceptors (Lipinski definition) is 4. The molecule has 0 spiro atoms. The fraction of sp³-hybridized carbons (Fsp3) is 0.200. The average molecular weight is 620 g/mol. The minimum Gasteiger partial charge on any atom is -0.490 e. The third kappa shape index (κ3) is 5.15. The predicted molar refractivity (Wildman–Crippen MR) is 126 cm³/mol. The van der Waals surface area contributed by atoms with E-state index in [1.807, 2.05) is 37.3 Å². The average Bonchev–Trinajstić information content (AvgIpc) is 3.08. The summed E-state index contributed by atoms with van der Waals surface area (Å²) in [5.41, 5.74) is 4.00. The van der Waals surface area contributed by atoms with Gasteiger partial charge in [0, 0.05) is 9.86 Å². The van der Waals surface area contributed by atoms with Gasteiger partial charge < -0.3 is 9.15 Å². The molecular formula is C20H17Br2IN2O3. The number of ether oxygens (including phenoxy) is 1. The first kappa shape index (κ1) is 21.3. The van der Waals surface area contributed by atoms with E-state index in [9.17, 15) is 4.79 Å². The van der Waals surface area contributed by atoms with Crippen LogP contribution in [0.4, 0.5) is 0 Å². The summed E-state index contributed by atoms with van der Waals surface area (Å²) < 4.78 is 14.2. The molecule has 3 aromatic rings. The Morgan fingerprint density at radius 2 is 2.11 bits per heavy atom. The molecule has 1 aromatic heterocycles. The van der Waals surface area contributed by atoms with Crippen molar-refractivity contribution < 1.29 is 13.9 Å². The molecule has 0 aliphatic heterocycles. The number of benzene rings is 2. The summed E-state index contributed by atoms with van der Waals surface area (Å²) in [6.07, 6.45) is 2.64. The van der Waals surface area contributed by atoms with Gasteiger partial charge in [-0.2, -0.15) is 5.10 Å². The van der Waals surface area contributed by atoms with Crippen LogP contribution in [-0.4, -0.2) is 18.2 Å². The van der Waals surface area contributed by atoms with E-state index in [-0.39, 0.29) is 11.9 Å². The molecule has 146 valence electrons. The molecule has 0 saturated heterocycles. The van der Waals surface area contributed by atoms with Crippen molar-refractivity contribution in [1.82, 2.24) is 5.43 Å². The minimum absolute atomic E-state index is 0.141. The summed E-state index contributed by atoms with van der Waals surface area (Å²) in [6, 6.07) is 11.2. The van der Waals surface area contributed by atoms with Crippen LogP contribution in [0.5, 0.6) is 5.75 Å². The SMILES string of the molecule is CC[C@H](C)Oc1ccc(/C=N\NC(=O)c2cc3cc(Br)cc(I)c3o2)cc1Br. The summed E-state index contributed by atoms with van der Waals surface area (Å²) in [4.78, 5) is 12.3.